The van der Waals surface area contributed by atoms with Crippen LogP contribution in [0.2, 0.25) is 0 Å². The Bertz CT molecular complexity index is 437. The average molecular weight is 261 g/mol. The van der Waals surface area contributed by atoms with E-state index in [1.807, 2.05) is 31.3 Å². The highest BCUT2D eigenvalue weighted by Gasteiger charge is 2.26. The molecule has 0 saturated carbocycles. The molecule has 2 unspecified atom stereocenters. The number of nitrogens with zero attached hydrogens (tertiary/aromatic N) is 1. The molecule has 19 heavy (non-hydrogen) atoms. The summed E-state index contributed by atoms with van der Waals surface area (Å²) < 4.78 is 0. The van der Waals surface area contributed by atoms with E-state index in [2.05, 4.69) is 29.6 Å². The molecule has 2 rings (SSSR count). The molecule has 0 bridgehead atoms. The third-order valence-corrected chi connectivity index (χ3v) is 3.87. The molecule has 1 fully saturated rings. The van der Waals surface area contributed by atoms with Crippen LogP contribution < -0.4 is 10.7 Å². The highest BCUT2D eigenvalue weighted by atomic mass is 16.2. The summed E-state index contributed by atoms with van der Waals surface area (Å²) in [6.07, 6.45) is 3.51. The molecule has 1 amide bonds. The number of hydrazine groups is 1. The minimum atomic E-state index is -0.0365. The molecule has 0 spiro atoms. The van der Waals surface area contributed by atoms with Gasteiger partial charge in [0, 0.05) is 24.8 Å². The van der Waals surface area contributed by atoms with Crippen LogP contribution in [0.15, 0.2) is 24.3 Å². The van der Waals surface area contributed by atoms with Crippen LogP contribution in [-0.2, 0) is 0 Å². The van der Waals surface area contributed by atoms with Crippen LogP contribution in [0.25, 0.3) is 0 Å². The molecular formula is C15H23N3O. The Hall–Kier alpha value is -1.55. The second-order valence-electron chi connectivity index (χ2n) is 5.27. The number of hydrogen-bond acceptors (Lipinski definition) is 3. The van der Waals surface area contributed by atoms with Crippen molar-refractivity contribution in [3.8, 4) is 0 Å². The molecule has 0 aliphatic carbocycles. The maximum absolute atomic E-state index is 12.4. The molecule has 2 atom stereocenters. The van der Waals surface area contributed by atoms with Gasteiger partial charge in [0.2, 0.25) is 0 Å². The first-order chi connectivity index (χ1) is 9.13. The third kappa shape index (κ3) is 3.07. The number of benzene rings is 1. The summed E-state index contributed by atoms with van der Waals surface area (Å²) in [5.74, 6) is -0.0365. The zero-order valence-corrected chi connectivity index (χ0v) is 11.9. The van der Waals surface area contributed by atoms with Gasteiger partial charge in [0.15, 0.2) is 0 Å². The summed E-state index contributed by atoms with van der Waals surface area (Å²) in [6.45, 7) is 4.33. The van der Waals surface area contributed by atoms with Crippen molar-refractivity contribution in [2.24, 2.45) is 0 Å². The van der Waals surface area contributed by atoms with Crippen molar-refractivity contribution in [3.05, 3.63) is 29.8 Å². The second kappa shape index (κ2) is 6.06. The largest absolute Gasteiger partial charge is 0.387 e. The van der Waals surface area contributed by atoms with Gasteiger partial charge in [-0.25, -0.2) is 5.01 Å². The number of rotatable bonds is 3. The maximum Gasteiger partial charge on any atom is 0.267 e. The van der Waals surface area contributed by atoms with Gasteiger partial charge in [-0.3, -0.25) is 10.2 Å². The van der Waals surface area contributed by atoms with Crippen molar-refractivity contribution in [2.75, 3.05) is 12.4 Å². The predicted octanol–water partition coefficient (Wildman–Crippen LogP) is 2.64. The summed E-state index contributed by atoms with van der Waals surface area (Å²) >= 11 is 0. The Morgan fingerprint density at radius 2 is 1.84 bits per heavy atom. The summed E-state index contributed by atoms with van der Waals surface area (Å²) in [7, 11) is 1.83. The van der Waals surface area contributed by atoms with Crippen LogP contribution in [0.1, 0.15) is 43.5 Å². The average Bonchev–Trinajstić information content (AvgIpc) is 2.42. The molecule has 0 radical (unpaired) electrons. The van der Waals surface area contributed by atoms with Gasteiger partial charge >= 0.3 is 0 Å². The van der Waals surface area contributed by atoms with Crippen LogP contribution in [0.3, 0.4) is 0 Å². The highest BCUT2D eigenvalue weighted by molar-refractivity contribution is 5.99. The second-order valence-corrected chi connectivity index (χ2v) is 5.27. The molecule has 1 saturated heterocycles. The Balaban J connectivity index is 2.11. The summed E-state index contributed by atoms with van der Waals surface area (Å²) in [5.41, 5.74) is 4.61. The van der Waals surface area contributed by atoms with E-state index < -0.39 is 0 Å². The summed E-state index contributed by atoms with van der Waals surface area (Å²) in [4.78, 5) is 12.4. The van der Waals surface area contributed by atoms with Gasteiger partial charge in [0.05, 0.1) is 5.56 Å². The Morgan fingerprint density at radius 3 is 2.47 bits per heavy atom. The van der Waals surface area contributed by atoms with Crippen molar-refractivity contribution in [1.29, 1.82) is 0 Å². The molecule has 4 nitrogen and oxygen atoms in total. The fourth-order valence-electron chi connectivity index (χ4n) is 2.72. The Kier molecular flexibility index (Phi) is 4.43. The topological polar surface area (TPSA) is 44.4 Å². The SMILES string of the molecule is CNc1ccccc1C(=O)NN1C(C)CCCC1C. The zero-order chi connectivity index (χ0) is 13.8. The first-order valence-corrected chi connectivity index (χ1v) is 6.99. The van der Waals surface area contributed by atoms with Crippen molar-refractivity contribution in [1.82, 2.24) is 10.4 Å². The molecule has 1 heterocycles. The fourth-order valence-corrected chi connectivity index (χ4v) is 2.72. The van der Waals surface area contributed by atoms with Crippen molar-refractivity contribution in [2.45, 2.75) is 45.2 Å². The molecule has 1 aromatic rings. The van der Waals surface area contributed by atoms with Crippen LogP contribution >= 0.6 is 0 Å². The van der Waals surface area contributed by atoms with Gasteiger partial charge in [0.25, 0.3) is 5.91 Å². The molecule has 0 aromatic heterocycles. The summed E-state index contributed by atoms with van der Waals surface area (Å²) in [6, 6.07) is 8.37. The molecule has 1 aliphatic heterocycles. The molecule has 4 heteroatoms. The van der Waals surface area contributed by atoms with Crippen LogP contribution in [0.5, 0.6) is 0 Å². The third-order valence-electron chi connectivity index (χ3n) is 3.87. The van der Waals surface area contributed by atoms with Gasteiger partial charge in [-0.2, -0.15) is 0 Å². The normalized spacial score (nSPS) is 23.9. The minimum Gasteiger partial charge on any atom is -0.387 e. The Morgan fingerprint density at radius 1 is 1.21 bits per heavy atom. The minimum absolute atomic E-state index is 0.0365. The Labute approximate surface area is 115 Å². The van der Waals surface area contributed by atoms with Crippen LogP contribution in [0.4, 0.5) is 5.69 Å². The number of carbonyl (C=O) groups excluding carboxylic acids is 1. The number of piperidine rings is 1. The molecule has 2 N–H and O–H groups in total. The first kappa shape index (κ1) is 13.9. The lowest BCUT2D eigenvalue weighted by Gasteiger charge is -2.38. The molecule has 1 aliphatic rings. The summed E-state index contributed by atoms with van der Waals surface area (Å²) in [5, 5.41) is 5.15. The lowest BCUT2D eigenvalue weighted by Crippen LogP contribution is -2.54. The van der Waals surface area contributed by atoms with E-state index in [-0.39, 0.29) is 5.91 Å². The molecule has 104 valence electrons. The molecular weight excluding hydrogens is 238 g/mol. The number of nitrogens with one attached hydrogen (secondary N) is 2. The van der Waals surface area contributed by atoms with Gasteiger partial charge < -0.3 is 5.32 Å². The van der Waals surface area contributed by atoms with Crippen molar-refractivity contribution in [3.63, 3.8) is 0 Å². The van der Waals surface area contributed by atoms with Crippen molar-refractivity contribution < 1.29 is 4.79 Å². The van der Waals surface area contributed by atoms with Crippen LogP contribution in [0, 0.1) is 0 Å². The van der Waals surface area contributed by atoms with E-state index in [0.29, 0.717) is 17.6 Å². The van der Waals surface area contributed by atoms with Gasteiger partial charge in [-0.05, 0) is 38.8 Å². The maximum atomic E-state index is 12.4. The number of carbonyl (C=O) groups is 1. The first-order valence-electron chi connectivity index (χ1n) is 6.99. The fraction of sp³-hybridized carbons (Fsp3) is 0.533. The number of hydrogen-bond donors (Lipinski definition) is 2. The van der Waals surface area contributed by atoms with E-state index in [1.165, 1.54) is 6.42 Å². The van der Waals surface area contributed by atoms with E-state index in [9.17, 15) is 4.79 Å². The number of anilines is 1. The zero-order valence-electron chi connectivity index (χ0n) is 11.9. The smallest absolute Gasteiger partial charge is 0.267 e. The lowest BCUT2D eigenvalue weighted by atomic mass is 10.00. The van der Waals surface area contributed by atoms with Crippen molar-refractivity contribution >= 4 is 11.6 Å². The van der Waals surface area contributed by atoms with Gasteiger partial charge in [-0.1, -0.05) is 18.6 Å². The predicted molar refractivity (Wildman–Crippen MR) is 78.1 cm³/mol. The lowest BCUT2D eigenvalue weighted by molar-refractivity contribution is 0.0370. The van der Waals surface area contributed by atoms with E-state index >= 15 is 0 Å². The number of para-hydroxylation sites is 1. The van der Waals surface area contributed by atoms with Gasteiger partial charge in [-0.15, -0.1) is 0 Å². The highest BCUT2D eigenvalue weighted by Crippen LogP contribution is 2.21. The van der Waals surface area contributed by atoms with E-state index in [1.54, 1.807) is 0 Å². The van der Waals surface area contributed by atoms with Crippen LogP contribution in [-0.4, -0.2) is 30.0 Å². The standard InChI is InChI=1S/C15H23N3O/c1-11-7-6-8-12(2)18(11)17-15(19)13-9-4-5-10-14(13)16-3/h4-5,9-12,16H,6-8H2,1-3H3,(H,17,19). The van der Waals surface area contributed by atoms with E-state index in [0.717, 1.165) is 18.5 Å². The van der Waals surface area contributed by atoms with E-state index in [4.69, 9.17) is 0 Å². The van der Waals surface area contributed by atoms with Gasteiger partial charge in [0.1, 0.15) is 0 Å². The number of amides is 1. The molecule has 1 aromatic carbocycles. The monoisotopic (exact) mass is 261 g/mol. The quantitative estimate of drug-likeness (QED) is 0.879.